The maximum Gasteiger partial charge on any atom is 0.0672 e. The average Bonchev–Trinajstić information content (AvgIpc) is 2.37. The van der Waals surface area contributed by atoms with E-state index in [0.29, 0.717) is 6.42 Å². The molecule has 0 saturated heterocycles. The molecule has 1 atom stereocenters. The Morgan fingerprint density at radius 1 is 1.11 bits per heavy atom. The highest BCUT2D eigenvalue weighted by Crippen LogP contribution is 2.24. The molecule has 0 saturated carbocycles. The smallest absolute Gasteiger partial charge is 0.0672 e. The van der Waals surface area contributed by atoms with Crippen molar-refractivity contribution < 1.29 is 5.11 Å². The van der Waals surface area contributed by atoms with Crippen molar-refractivity contribution >= 4 is 10.8 Å². The summed E-state index contributed by atoms with van der Waals surface area (Å²) >= 11 is 0. The summed E-state index contributed by atoms with van der Waals surface area (Å²) in [7, 11) is 1.91. The molecule has 0 radical (unpaired) electrons. The van der Waals surface area contributed by atoms with Crippen LogP contribution in [0, 0.1) is 0 Å². The summed E-state index contributed by atoms with van der Waals surface area (Å²) in [6.45, 7) is 2.74. The van der Waals surface area contributed by atoms with E-state index in [1.807, 2.05) is 26.1 Å². The van der Waals surface area contributed by atoms with E-state index in [2.05, 4.69) is 35.6 Å². The van der Waals surface area contributed by atoms with E-state index in [1.54, 1.807) is 0 Å². The van der Waals surface area contributed by atoms with Crippen LogP contribution >= 0.6 is 0 Å². The number of aliphatic hydroxyl groups is 1. The van der Waals surface area contributed by atoms with Gasteiger partial charge in [-0.15, -0.1) is 0 Å². The van der Waals surface area contributed by atoms with Crippen LogP contribution in [0.4, 0.5) is 0 Å². The fraction of sp³-hybridized carbons (Fsp3) is 0.375. The molecular weight excluding hydrogens is 222 g/mol. The number of fused-ring (bicyclic) bond motifs is 1. The molecule has 0 aliphatic rings. The molecule has 0 aliphatic carbocycles. The second-order valence-corrected chi connectivity index (χ2v) is 5.17. The van der Waals surface area contributed by atoms with Gasteiger partial charge in [-0.3, -0.25) is 0 Å². The van der Waals surface area contributed by atoms with Crippen LogP contribution in [0.25, 0.3) is 10.8 Å². The number of benzene rings is 2. The van der Waals surface area contributed by atoms with Gasteiger partial charge < -0.3 is 10.4 Å². The number of rotatable bonds is 5. The molecule has 18 heavy (non-hydrogen) atoms. The van der Waals surface area contributed by atoms with Gasteiger partial charge in [0, 0.05) is 6.42 Å². The van der Waals surface area contributed by atoms with Crippen LogP contribution in [0.5, 0.6) is 0 Å². The summed E-state index contributed by atoms with van der Waals surface area (Å²) in [6.07, 6.45) is 1.45. The molecule has 2 aromatic carbocycles. The first-order chi connectivity index (χ1) is 8.62. The van der Waals surface area contributed by atoms with Crippen molar-refractivity contribution in [1.29, 1.82) is 0 Å². The summed E-state index contributed by atoms with van der Waals surface area (Å²) in [5, 5.41) is 16.0. The number of nitrogens with one attached hydrogen (secondary N) is 1. The first kappa shape index (κ1) is 13.1. The van der Waals surface area contributed by atoms with Gasteiger partial charge in [-0.2, -0.15) is 0 Å². The third kappa shape index (κ3) is 3.09. The Bertz CT molecular complexity index is 514. The van der Waals surface area contributed by atoms with E-state index >= 15 is 0 Å². The van der Waals surface area contributed by atoms with Gasteiger partial charge in [-0.25, -0.2) is 0 Å². The molecule has 0 bridgehead atoms. The third-order valence-electron chi connectivity index (χ3n) is 3.36. The largest absolute Gasteiger partial charge is 0.390 e. The van der Waals surface area contributed by atoms with Gasteiger partial charge >= 0.3 is 0 Å². The lowest BCUT2D eigenvalue weighted by Crippen LogP contribution is -2.31. The maximum atomic E-state index is 10.4. The third-order valence-corrected chi connectivity index (χ3v) is 3.36. The van der Waals surface area contributed by atoms with Gasteiger partial charge in [-0.1, -0.05) is 42.5 Å². The van der Waals surface area contributed by atoms with Crippen molar-refractivity contribution in [1.82, 2.24) is 5.32 Å². The summed E-state index contributed by atoms with van der Waals surface area (Å²) in [6, 6.07) is 14.6. The number of hydrogen-bond acceptors (Lipinski definition) is 2. The first-order valence-corrected chi connectivity index (χ1v) is 6.46. The van der Waals surface area contributed by atoms with Gasteiger partial charge in [0.1, 0.15) is 0 Å². The van der Waals surface area contributed by atoms with Crippen LogP contribution in [0.1, 0.15) is 18.9 Å². The molecule has 2 aromatic rings. The lowest BCUT2D eigenvalue weighted by Gasteiger charge is -2.24. The zero-order valence-corrected chi connectivity index (χ0v) is 11.1. The van der Waals surface area contributed by atoms with Crippen molar-refractivity contribution in [2.45, 2.75) is 25.4 Å². The van der Waals surface area contributed by atoms with Crippen LogP contribution in [0.2, 0.25) is 0 Å². The lowest BCUT2D eigenvalue weighted by molar-refractivity contribution is 0.0524. The van der Waals surface area contributed by atoms with Crippen molar-refractivity contribution in [3.63, 3.8) is 0 Å². The zero-order valence-electron chi connectivity index (χ0n) is 11.1. The maximum absolute atomic E-state index is 10.4. The first-order valence-electron chi connectivity index (χ1n) is 6.46. The van der Waals surface area contributed by atoms with Crippen molar-refractivity contribution in [3.05, 3.63) is 48.0 Å². The molecule has 2 rings (SSSR count). The highest BCUT2D eigenvalue weighted by Gasteiger charge is 2.21. The van der Waals surface area contributed by atoms with E-state index in [9.17, 15) is 5.11 Å². The topological polar surface area (TPSA) is 32.3 Å². The van der Waals surface area contributed by atoms with Crippen LogP contribution in [0.15, 0.2) is 42.5 Å². The second-order valence-electron chi connectivity index (χ2n) is 5.17. The Kier molecular flexibility index (Phi) is 4.00. The summed E-state index contributed by atoms with van der Waals surface area (Å²) in [4.78, 5) is 0. The highest BCUT2D eigenvalue weighted by molar-refractivity contribution is 5.85. The Labute approximate surface area is 109 Å². The van der Waals surface area contributed by atoms with E-state index in [1.165, 1.54) is 16.3 Å². The summed E-state index contributed by atoms with van der Waals surface area (Å²) < 4.78 is 0. The molecule has 1 unspecified atom stereocenters. The molecule has 0 aromatic heterocycles. The summed E-state index contributed by atoms with van der Waals surface area (Å²) in [5.41, 5.74) is 0.557. The molecule has 0 aliphatic heterocycles. The minimum absolute atomic E-state index is 0.660. The Balaban J connectivity index is 2.26. The van der Waals surface area contributed by atoms with Gasteiger partial charge in [-0.05, 0) is 43.3 Å². The van der Waals surface area contributed by atoms with Gasteiger partial charge in [0.2, 0.25) is 0 Å². The lowest BCUT2D eigenvalue weighted by atomic mass is 9.90. The molecule has 0 heterocycles. The zero-order chi connectivity index (χ0) is 13.0. The standard InChI is InChI=1S/C16H21NO/c1-16(18,10-11-17-2)12-14-8-5-7-13-6-3-4-9-15(13)14/h3-9,17-18H,10-12H2,1-2H3. The molecule has 2 nitrogen and oxygen atoms in total. The molecule has 0 amide bonds. The average molecular weight is 243 g/mol. The molecule has 2 N–H and O–H groups in total. The van der Waals surface area contributed by atoms with Gasteiger partial charge in [0.15, 0.2) is 0 Å². The van der Waals surface area contributed by atoms with Crippen LogP contribution in [0.3, 0.4) is 0 Å². The molecule has 0 spiro atoms. The van der Waals surface area contributed by atoms with Crippen LogP contribution in [-0.2, 0) is 6.42 Å². The quantitative estimate of drug-likeness (QED) is 0.846. The predicted octanol–water partition coefficient (Wildman–Crippen LogP) is 2.74. The second kappa shape index (κ2) is 5.51. The van der Waals surface area contributed by atoms with E-state index in [-0.39, 0.29) is 0 Å². The predicted molar refractivity (Wildman–Crippen MR) is 76.8 cm³/mol. The Morgan fingerprint density at radius 2 is 1.83 bits per heavy atom. The van der Waals surface area contributed by atoms with E-state index in [4.69, 9.17) is 0 Å². The van der Waals surface area contributed by atoms with Crippen LogP contribution in [-0.4, -0.2) is 24.3 Å². The fourth-order valence-electron chi connectivity index (χ4n) is 2.34. The van der Waals surface area contributed by atoms with E-state index in [0.717, 1.165) is 13.0 Å². The molecule has 2 heteroatoms. The summed E-state index contributed by atoms with van der Waals surface area (Å²) in [5.74, 6) is 0. The number of hydrogen-bond donors (Lipinski definition) is 2. The van der Waals surface area contributed by atoms with Gasteiger partial charge in [0.25, 0.3) is 0 Å². The van der Waals surface area contributed by atoms with Crippen molar-refractivity contribution in [3.8, 4) is 0 Å². The Hall–Kier alpha value is -1.38. The van der Waals surface area contributed by atoms with E-state index < -0.39 is 5.60 Å². The highest BCUT2D eigenvalue weighted by atomic mass is 16.3. The normalized spacial score (nSPS) is 14.6. The molecule has 96 valence electrons. The minimum atomic E-state index is -0.660. The molecule has 0 fully saturated rings. The molecular formula is C16H21NO. The van der Waals surface area contributed by atoms with Crippen molar-refractivity contribution in [2.24, 2.45) is 0 Å². The van der Waals surface area contributed by atoms with Gasteiger partial charge in [0.05, 0.1) is 5.60 Å². The Morgan fingerprint density at radius 3 is 2.61 bits per heavy atom. The van der Waals surface area contributed by atoms with Crippen LogP contribution < -0.4 is 5.32 Å². The monoisotopic (exact) mass is 243 g/mol. The minimum Gasteiger partial charge on any atom is -0.390 e. The fourth-order valence-corrected chi connectivity index (χ4v) is 2.34. The SMILES string of the molecule is CNCCC(C)(O)Cc1cccc2ccccc12. The van der Waals surface area contributed by atoms with Crippen molar-refractivity contribution in [2.75, 3.05) is 13.6 Å².